The summed E-state index contributed by atoms with van der Waals surface area (Å²) in [5, 5.41) is 5.82. The van der Waals surface area contributed by atoms with Crippen molar-refractivity contribution in [2.75, 3.05) is 36.4 Å². The Hall–Kier alpha value is -3.13. The summed E-state index contributed by atoms with van der Waals surface area (Å²) in [6.07, 6.45) is 4.47. The molecule has 1 aromatic carbocycles. The van der Waals surface area contributed by atoms with Gasteiger partial charge in [0.15, 0.2) is 5.11 Å². The average Bonchev–Trinajstić information content (AvgIpc) is 3.26. The number of furan rings is 1. The average molecular weight is 427 g/mol. The molecule has 1 aromatic heterocycles. The summed E-state index contributed by atoms with van der Waals surface area (Å²) < 4.78 is 5.14. The summed E-state index contributed by atoms with van der Waals surface area (Å²) in [7, 11) is 0. The molecule has 158 valence electrons. The number of nitrogens with zero attached hydrogens (tertiary/aromatic N) is 2. The van der Waals surface area contributed by atoms with Gasteiger partial charge in [-0.25, -0.2) is 0 Å². The van der Waals surface area contributed by atoms with Gasteiger partial charge in [-0.3, -0.25) is 14.9 Å². The van der Waals surface area contributed by atoms with Crippen molar-refractivity contribution >= 4 is 46.6 Å². The Morgan fingerprint density at radius 3 is 2.40 bits per heavy atom. The van der Waals surface area contributed by atoms with Crippen LogP contribution in [0.25, 0.3) is 6.08 Å². The van der Waals surface area contributed by atoms with Crippen molar-refractivity contribution in [3.8, 4) is 0 Å². The van der Waals surface area contributed by atoms with Gasteiger partial charge in [0.05, 0.1) is 6.26 Å². The van der Waals surface area contributed by atoms with Crippen molar-refractivity contribution in [1.29, 1.82) is 0 Å². The summed E-state index contributed by atoms with van der Waals surface area (Å²) in [4.78, 5) is 28.2. The van der Waals surface area contributed by atoms with Gasteiger partial charge in [-0.2, -0.15) is 0 Å². The van der Waals surface area contributed by atoms with Gasteiger partial charge in [0.2, 0.25) is 11.8 Å². The number of rotatable bonds is 5. The number of nitrogens with one attached hydrogen (secondary N) is 2. The van der Waals surface area contributed by atoms with Gasteiger partial charge in [0, 0.05) is 49.5 Å². The molecule has 3 rings (SSSR count). The van der Waals surface area contributed by atoms with Gasteiger partial charge in [-0.05, 0) is 54.7 Å². The number of piperazine rings is 1. The Morgan fingerprint density at radius 2 is 1.80 bits per heavy atom. The third-order valence-electron chi connectivity index (χ3n) is 4.75. The van der Waals surface area contributed by atoms with Crippen LogP contribution in [0.2, 0.25) is 0 Å². The second-order valence-electron chi connectivity index (χ2n) is 7.31. The molecule has 1 aliphatic heterocycles. The molecule has 1 saturated heterocycles. The first-order chi connectivity index (χ1) is 14.4. The third kappa shape index (κ3) is 5.93. The molecule has 2 heterocycles. The molecule has 0 unspecified atom stereocenters. The maximum atomic E-state index is 12.1. The van der Waals surface area contributed by atoms with E-state index in [0.717, 1.165) is 37.6 Å². The molecule has 30 heavy (non-hydrogen) atoms. The Balaban J connectivity index is 1.47. The van der Waals surface area contributed by atoms with E-state index in [2.05, 4.69) is 15.5 Å². The topological polar surface area (TPSA) is 77.8 Å². The van der Waals surface area contributed by atoms with Crippen LogP contribution in [0.3, 0.4) is 0 Å². The van der Waals surface area contributed by atoms with E-state index in [-0.39, 0.29) is 22.8 Å². The van der Waals surface area contributed by atoms with Crippen molar-refractivity contribution in [2.24, 2.45) is 5.92 Å². The molecule has 2 N–H and O–H groups in total. The summed E-state index contributed by atoms with van der Waals surface area (Å²) >= 11 is 5.19. The smallest absolute Gasteiger partial charge is 0.250 e. The van der Waals surface area contributed by atoms with Crippen LogP contribution in [-0.4, -0.2) is 48.0 Å². The lowest BCUT2D eigenvalue weighted by Crippen LogP contribution is -2.49. The summed E-state index contributed by atoms with van der Waals surface area (Å²) in [6.45, 7) is 6.95. The van der Waals surface area contributed by atoms with Crippen LogP contribution in [0.15, 0.2) is 53.2 Å². The lowest BCUT2D eigenvalue weighted by molar-refractivity contribution is -0.134. The van der Waals surface area contributed by atoms with E-state index in [1.807, 2.05) is 43.0 Å². The Kier molecular flexibility index (Phi) is 7.24. The van der Waals surface area contributed by atoms with Crippen molar-refractivity contribution in [3.05, 3.63) is 54.5 Å². The number of hydrogen-bond acceptors (Lipinski definition) is 5. The highest BCUT2D eigenvalue weighted by atomic mass is 32.1. The highest BCUT2D eigenvalue weighted by molar-refractivity contribution is 7.80. The molecule has 8 heteroatoms. The molecule has 0 bridgehead atoms. The maximum absolute atomic E-state index is 12.1. The van der Waals surface area contributed by atoms with Crippen LogP contribution >= 0.6 is 12.2 Å². The molecular weight excluding hydrogens is 400 g/mol. The first-order valence-corrected chi connectivity index (χ1v) is 10.3. The second-order valence-corrected chi connectivity index (χ2v) is 7.71. The molecule has 7 nitrogen and oxygen atoms in total. The Bertz CT molecular complexity index is 899. The van der Waals surface area contributed by atoms with E-state index >= 15 is 0 Å². The monoisotopic (exact) mass is 426 g/mol. The van der Waals surface area contributed by atoms with Gasteiger partial charge in [0.25, 0.3) is 0 Å². The van der Waals surface area contributed by atoms with Gasteiger partial charge in [0.1, 0.15) is 5.76 Å². The van der Waals surface area contributed by atoms with E-state index < -0.39 is 0 Å². The molecule has 2 aromatic rings. The first kappa shape index (κ1) is 21.6. The van der Waals surface area contributed by atoms with Crippen LogP contribution in [0, 0.1) is 5.92 Å². The van der Waals surface area contributed by atoms with Crippen molar-refractivity contribution in [2.45, 2.75) is 13.8 Å². The van der Waals surface area contributed by atoms with E-state index in [0.29, 0.717) is 5.76 Å². The Labute approximate surface area is 181 Å². The van der Waals surface area contributed by atoms with E-state index in [1.54, 1.807) is 24.5 Å². The van der Waals surface area contributed by atoms with Gasteiger partial charge in [-0.1, -0.05) is 13.8 Å². The minimum atomic E-state index is -0.339. The predicted molar refractivity (Wildman–Crippen MR) is 122 cm³/mol. The van der Waals surface area contributed by atoms with Crippen molar-refractivity contribution in [3.63, 3.8) is 0 Å². The largest absolute Gasteiger partial charge is 0.465 e. The summed E-state index contributed by atoms with van der Waals surface area (Å²) in [6, 6.07) is 11.3. The number of hydrogen-bond donors (Lipinski definition) is 2. The predicted octanol–water partition coefficient (Wildman–Crippen LogP) is 3.11. The van der Waals surface area contributed by atoms with Crippen LogP contribution < -0.4 is 15.5 Å². The molecule has 0 spiro atoms. The first-order valence-electron chi connectivity index (χ1n) is 9.90. The number of anilines is 2. The van der Waals surface area contributed by atoms with E-state index in [9.17, 15) is 9.59 Å². The van der Waals surface area contributed by atoms with Crippen LogP contribution in [0.4, 0.5) is 11.4 Å². The van der Waals surface area contributed by atoms with Gasteiger partial charge >= 0.3 is 0 Å². The number of carbonyl (C=O) groups excluding carboxylic acids is 2. The zero-order chi connectivity index (χ0) is 21.5. The SMILES string of the molecule is CC(C)C(=O)N1CCN(c2ccc(NC(=S)NC(=O)/C=C\c3ccco3)cc2)CC1. The Morgan fingerprint density at radius 1 is 1.10 bits per heavy atom. The third-order valence-corrected chi connectivity index (χ3v) is 4.96. The van der Waals surface area contributed by atoms with Crippen LogP contribution in [-0.2, 0) is 9.59 Å². The molecule has 0 radical (unpaired) electrons. The quantitative estimate of drug-likeness (QED) is 0.565. The highest BCUT2D eigenvalue weighted by Crippen LogP contribution is 2.20. The molecular formula is C22H26N4O3S. The van der Waals surface area contributed by atoms with Crippen molar-refractivity contribution < 1.29 is 14.0 Å². The molecule has 1 fully saturated rings. The van der Waals surface area contributed by atoms with Crippen LogP contribution in [0.1, 0.15) is 19.6 Å². The molecule has 2 amide bonds. The van der Waals surface area contributed by atoms with Crippen molar-refractivity contribution in [1.82, 2.24) is 10.2 Å². The van der Waals surface area contributed by atoms with E-state index in [1.165, 1.54) is 6.08 Å². The lowest BCUT2D eigenvalue weighted by atomic mass is 10.1. The number of carbonyl (C=O) groups is 2. The lowest BCUT2D eigenvalue weighted by Gasteiger charge is -2.37. The maximum Gasteiger partial charge on any atom is 0.250 e. The minimum absolute atomic E-state index is 0.0341. The van der Waals surface area contributed by atoms with Gasteiger partial charge in [-0.15, -0.1) is 0 Å². The molecule has 0 saturated carbocycles. The van der Waals surface area contributed by atoms with E-state index in [4.69, 9.17) is 16.6 Å². The minimum Gasteiger partial charge on any atom is -0.465 e. The normalized spacial score (nSPS) is 14.2. The fourth-order valence-electron chi connectivity index (χ4n) is 3.17. The summed E-state index contributed by atoms with van der Waals surface area (Å²) in [5.74, 6) is 0.499. The van der Waals surface area contributed by atoms with Gasteiger partial charge < -0.3 is 19.5 Å². The molecule has 1 aliphatic rings. The number of benzene rings is 1. The van der Waals surface area contributed by atoms with Crippen LogP contribution in [0.5, 0.6) is 0 Å². The summed E-state index contributed by atoms with van der Waals surface area (Å²) in [5.41, 5.74) is 1.88. The fraction of sp³-hybridized carbons (Fsp3) is 0.318. The highest BCUT2D eigenvalue weighted by Gasteiger charge is 2.22. The molecule has 0 atom stereocenters. The fourth-order valence-corrected chi connectivity index (χ4v) is 3.38. The standard InChI is InChI=1S/C22H26N4O3S/c1-16(2)21(28)26-13-11-25(12-14-26)18-7-5-17(6-8-18)23-22(30)24-20(27)10-9-19-4-3-15-29-19/h3-10,15-16H,11-14H2,1-2H3,(H2,23,24,27,30)/b10-9-. The number of thiocarbonyl (C=S) groups is 1. The zero-order valence-electron chi connectivity index (χ0n) is 17.1. The second kappa shape index (κ2) is 10.1. The zero-order valence-corrected chi connectivity index (χ0v) is 17.9. The molecule has 0 aliphatic carbocycles. The number of amides is 2.